The van der Waals surface area contributed by atoms with Gasteiger partial charge in [0, 0.05) is 0 Å². The first kappa shape index (κ1) is 8.95. The summed E-state index contributed by atoms with van der Waals surface area (Å²) in [5.41, 5.74) is 3.40. The Morgan fingerprint density at radius 3 is 1.64 bits per heavy atom. The molecule has 2 rings (SSSR count). The highest BCUT2D eigenvalue weighted by molar-refractivity contribution is 5.63. The second kappa shape index (κ2) is 3.62. The lowest BCUT2D eigenvalue weighted by atomic mass is 10.0. The van der Waals surface area contributed by atoms with Crippen LogP contribution in [0.4, 0.5) is 4.39 Å². The molecule has 0 fully saturated rings. The maximum absolute atomic E-state index is 12.7. The third kappa shape index (κ3) is 1.82. The molecule has 70 valence electrons. The van der Waals surface area contributed by atoms with Crippen molar-refractivity contribution >= 4 is 0 Å². The molecular weight excluding hydrogens is 174 g/mol. The maximum atomic E-state index is 12.7. The van der Waals surface area contributed by atoms with Crippen molar-refractivity contribution in [1.82, 2.24) is 0 Å². The molecule has 0 nitrogen and oxygen atoms in total. The Labute approximate surface area is 83.0 Å². The van der Waals surface area contributed by atoms with E-state index in [1.54, 1.807) is 12.1 Å². The molecule has 1 heteroatoms. The van der Waals surface area contributed by atoms with Crippen LogP contribution in [0.2, 0.25) is 0 Å². The van der Waals surface area contributed by atoms with Gasteiger partial charge < -0.3 is 0 Å². The summed E-state index contributed by atoms with van der Waals surface area (Å²) in [6.45, 7) is 2.05. The van der Waals surface area contributed by atoms with Gasteiger partial charge in [-0.1, -0.05) is 42.0 Å². The third-order valence-corrected chi connectivity index (χ3v) is 2.23. The summed E-state index contributed by atoms with van der Waals surface area (Å²) in [5.74, 6) is -0.194. The Morgan fingerprint density at radius 2 is 1.14 bits per heavy atom. The molecule has 14 heavy (non-hydrogen) atoms. The molecule has 0 heterocycles. The van der Waals surface area contributed by atoms with E-state index in [-0.39, 0.29) is 5.82 Å². The molecule has 0 saturated heterocycles. The molecule has 0 aliphatic rings. The molecule has 0 bridgehead atoms. The Kier molecular flexibility index (Phi) is 2.32. The number of aryl methyl sites for hydroxylation is 1. The normalized spacial score (nSPS) is 10.1. The van der Waals surface area contributed by atoms with E-state index in [2.05, 4.69) is 19.1 Å². The van der Waals surface area contributed by atoms with E-state index in [4.69, 9.17) is 0 Å². The molecule has 2 aromatic rings. The van der Waals surface area contributed by atoms with Crippen LogP contribution in [-0.4, -0.2) is 0 Å². The van der Waals surface area contributed by atoms with Gasteiger partial charge >= 0.3 is 0 Å². The standard InChI is InChI=1S/C13H11F/c1-10-2-4-11(5-3-10)12-6-8-13(14)9-7-12/h2-9H,1H3/i14-1. The van der Waals surface area contributed by atoms with Crippen molar-refractivity contribution < 1.29 is 4.39 Å². The minimum absolute atomic E-state index is 0.194. The average molecular weight is 185 g/mol. The number of rotatable bonds is 1. The summed E-state index contributed by atoms with van der Waals surface area (Å²) in [6.07, 6.45) is 0. The Bertz CT molecular complexity index is 368. The molecule has 0 aliphatic carbocycles. The lowest BCUT2D eigenvalue weighted by molar-refractivity contribution is 0.628. The van der Waals surface area contributed by atoms with Gasteiger partial charge in [0.1, 0.15) is 5.82 Å². The fourth-order valence-corrected chi connectivity index (χ4v) is 1.39. The van der Waals surface area contributed by atoms with Gasteiger partial charge in [0.15, 0.2) is 0 Å². The van der Waals surface area contributed by atoms with Gasteiger partial charge in [-0.15, -0.1) is 0 Å². The van der Waals surface area contributed by atoms with Crippen LogP contribution >= 0.6 is 0 Å². The SMILES string of the molecule is Cc1ccc(-c2ccc([18F])cc2)cc1. The average Bonchev–Trinajstić information content (AvgIpc) is 2.21. The molecule has 0 unspecified atom stereocenters. The zero-order valence-electron chi connectivity index (χ0n) is 8.00. The molecule has 0 radical (unpaired) electrons. The van der Waals surface area contributed by atoms with Crippen LogP contribution in [0.5, 0.6) is 0 Å². The number of benzene rings is 2. The van der Waals surface area contributed by atoms with Crippen LogP contribution < -0.4 is 0 Å². The predicted octanol–water partition coefficient (Wildman–Crippen LogP) is 3.80. The van der Waals surface area contributed by atoms with Crippen molar-refractivity contribution in [3.05, 3.63) is 59.9 Å². The zero-order chi connectivity index (χ0) is 9.97. The van der Waals surface area contributed by atoms with E-state index in [9.17, 15) is 4.39 Å². The highest BCUT2D eigenvalue weighted by Crippen LogP contribution is 2.19. The van der Waals surface area contributed by atoms with Crippen LogP contribution in [0, 0.1) is 12.7 Å². The number of halogens is 1. The van der Waals surface area contributed by atoms with Crippen LogP contribution in [0.1, 0.15) is 5.56 Å². The molecule has 0 aromatic heterocycles. The van der Waals surface area contributed by atoms with Crippen molar-refractivity contribution in [2.75, 3.05) is 0 Å². The Balaban J connectivity index is 2.40. The van der Waals surface area contributed by atoms with Crippen molar-refractivity contribution in [3.8, 4) is 11.1 Å². The van der Waals surface area contributed by atoms with Crippen molar-refractivity contribution in [3.63, 3.8) is 0 Å². The van der Waals surface area contributed by atoms with E-state index in [0.717, 1.165) is 11.1 Å². The van der Waals surface area contributed by atoms with Gasteiger partial charge in [0.05, 0.1) is 0 Å². The van der Waals surface area contributed by atoms with Crippen molar-refractivity contribution in [1.29, 1.82) is 0 Å². The molecule has 0 saturated carbocycles. The first-order valence-corrected chi connectivity index (χ1v) is 4.58. The third-order valence-electron chi connectivity index (χ3n) is 2.23. The molecule has 0 atom stereocenters. The minimum atomic E-state index is -0.194. The summed E-state index contributed by atoms with van der Waals surface area (Å²) in [5, 5.41) is 0. The lowest BCUT2D eigenvalue weighted by Crippen LogP contribution is -1.79. The topological polar surface area (TPSA) is 0 Å². The largest absolute Gasteiger partial charge is 0.207 e. The van der Waals surface area contributed by atoms with Crippen molar-refractivity contribution in [2.45, 2.75) is 6.92 Å². The molecular formula is C13H11F. The molecule has 0 aliphatic heterocycles. The van der Waals surface area contributed by atoms with E-state index in [1.165, 1.54) is 17.7 Å². The zero-order valence-corrected chi connectivity index (χ0v) is 8.00. The van der Waals surface area contributed by atoms with Crippen LogP contribution in [0.25, 0.3) is 11.1 Å². The summed E-state index contributed by atoms with van der Waals surface area (Å²) < 4.78 is 12.7. The summed E-state index contributed by atoms with van der Waals surface area (Å²) in [7, 11) is 0. The van der Waals surface area contributed by atoms with E-state index in [1.807, 2.05) is 12.1 Å². The Hall–Kier alpha value is -1.63. The van der Waals surface area contributed by atoms with E-state index in [0.29, 0.717) is 0 Å². The molecule has 0 spiro atoms. The van der Waals surface area contributed by atoms with E-state index < -0.39 is 0 Å². The van der Waals surface area contributed by atoms with Gasteiger partial charge in [-0.3, -0.25) is 0 Å². The van der Waals surface area contributed by atoms with Gasteiger partial charge in [-0.25, -0.2) is 4.39 Å². The van der Waals surface area contributed by atoms with Gasteiger partial charge in [0.25, 0.3) is 0 Å². The maximum Gasteiger partial charge on any atom is 0.123 e. The summed E-state index contributed by atoms with van der Waals surface area (Å²) in [4.78, 5) is 0. The van der Waals surface area contributed by atoms with Crippen LogP contribution in [0.3, 0.4) is 0 Å². The van der Waals surface area contributed by atoms with Crippen LogP contribution in [0.15, 0.2) is 48.5 Å². The van der Waals surface area contributed by atoms with E-state index >= 15 is 0 Å². The number of hydrogen-bond acceptors (Lipinski definition) is 0. The highest BCUT2D eigenvalue weighted by atomic mass is 18.2. The fraction of sp³-hybridized carbons (Fsp3) is 0.0769. The smallest absolute Gasteiger partial charge is 0.123 e. The van der Waals surface area contributed by atoms with Gasteiger partial charge in [-0.2, -0.15) is 0 Å². The summed E-state index contributed by atoms with van der Waals surface area (Å²) >= 11 is 0. The minimum Gasteiger partial charge on any atom is -0.207 e. The first-order valence-electron chi connectivity index (χ1n) is 4.58. The predicted molar refractivity (Wildman–Crippen MR) is 56.6 cm³/mol. The van der Waals surface area contributed by atoms with Crippen LogP contribution in [-0.2, 0) is 0 Å². The fourth-order valence-electron chi connectivity index (χ4n) is 1.39. The first-order chi connectivity index (χ1) is 6.75. The molecule has 0 amide bonds. The molecule has 0 N–H and O–H groups in total. The second-order valence-electron chi connectivity index (χ2n) is 3.37. The quantitative estimate of drug-likeness (QED) is 0.634. The highest BCUT2D eigenvalue weighted by Gasteiger charge is 1.96. The lowest BCUT2D eigenvalue weighted by Gasteiger charge is -2.01. The second-order valence-corrected chi connectivity index (χ2v) is 3.37. The van der Waals surface area contributed by atoms with Crippen molar-refractivity contribution in [2.24, 2.45) is 0 Å². The summed E-state index contributed by atoms with van der Waals surface area (Å²) in [6, 6.07) is 14.7. The van der Waals surface area contributed by atoms with Gasteiger partial charge in [-0.05, 0) is 30.2 Å². The Morgan fingerprint density at radius 1 is 0.714 bits per heavy atom. The monoisotopic (exact) mass is 185 g/mol. The van der Waals surface area contributed by atoms with Gasteiger partial charge in [0.2, 0.25) is 0 Å². The molecule has 2 aromatic carbocycles. The number of hydrogen-bond donors (Lipinski definition) is 0.